The van der Waals surface area contributed by atoms with Gasteiger partial charge in [-0.15, -0.1) is 0 Å². The van der Waals surface area contributed by atoms with Gasteiger partial charge in [-0.1, -0.05) is 24.3 Å². The molecule has 1 aromatic carbocycles. The summed E-state index contributed by atoms with van der Waals surface area (Å²) in [6.45, 7) is 9.49. The highest BCUT2D eigenvalue weighted by Gasteiger charge is 2.07. The van der Waals surface area contributed by atoms with Crippen molar-refractivity contribution in [2.24, 2.45) is 0 Å². The third-order valence-electron chi connectivity index (χ3n) is 3.45. The van der Waals surface area contributed by atoms with E-state index >= 15 is 0 Å². The van der Waals surface area contributed by atoms with Gasteiger partial charge >= 0.3 is 0 Å². The topological polar surface area (TPSA) is 39.1 Å². The van der Waals surface area contributed by atoms with Crippen molar-refractivity contribution < 1.29 is 4.74 Å². The van der Waals surface area contributed by atoms with E-state index in [-0.39, 0.29) is 0 Å². The van der Waals surface area contributed by atoms with Gasteiger partial charge in [-0.25, -0.2) is 4.98 Å². The first-order chi connectivity index (χ1) is 10.2. The standard InChI is InChI=1S/C17H25N3O/c1-4-21-11-7-10-18-17-19-15(3)12-20(17)13-16-9-6-5-8-14(16)2/h5-6,8-9,12H,4,7,10-11,13H2,1-3H3,(H,18,19). The Hall–Kier alpha value is -1.81. The molecular weight excluding hydrogens is 262 g/mol. The van der Waals surface area contributed by atoms with Crippen LogP contribution in [0, 0.1) is 13.8 Å². The molecule has 0 radical (unpaired) electrons. The lowest BCUT2D eigenvalue weighted by molar-refractivity contribution is 0.147. The van der Waals surface area contributed by atoms with Crippen molar-refractivity contribution in [1.29, 1.82) is 0 Å². The zero-order valence-electron chi connectivity index (χ0n) is 13.2. The van der Waals surface area contributed by atoms with Crippen LogP contribution in [0.3, 0.4) is 0 Å². The van der Waals surface area contributed by atoms with Crippen LogP contribution in [0.4, 0.5) is 5.95 Å². The molecule has 0 saturated heterocycles. The molecule has 2 rings (SSSR count). The maximum atomic E-state index is 5.35. The summed E-state index contributed by atoms with van der Waals surface area (Å²) in [7, 11) is 0. The van der Waals surface area contributed by atoms with Gasteiger partial charge in [0.25, 0.3) is 0 Å². The summed E-state index contributed by atoms with van der Waals surface area (Å²) in [5.41, 5.74) is 3.68. The largest absolute Gasteiger partial charge is 0.382 e. The maximum absolute atomic E-state index is 5.35. The van der Waals surface area contributed by atoms with Crippen molar-refractivity contribution in [2.75, 3.05) is 25.1 Å². The molecule has 0 unspecified atom stereocenters. The number of aryl methyl sites for hydroxylation is 2. The summed E-state index contributed by atoms with van der Waals surface area (Å²) in [6, 6.07) is 8.48. The molecule has 2 aromatic rings. The van der Waals surface area contributed by atoms with Crippen molar-refractivity contribution in [2.45, 2.75) is 33.7 Å². The van der Waals surface area contributed by atoms with Crippen LogP contribution < -0.4 is 5.32 Å². The number of anilines is 1. The predicted octanol–water partition coefficient (Wildman–Crippen LogP) is 3.39. The Kier molecular flexibility index (Phi) is 5.81. The summed E-state index contributed by atoms with van der Waals surface area (Å²) in [5, 5.41) is 3.40. The lowest BCUT2D eigenvalue weighted by Gasteiger charge is -2.11. The molecule has 0 aliphatic rings. The second-order valence-electron chi connectivity index (χ2n) is 5.24. The van der Waals surface area contributed by atoms with Crippen LogP contribution in [0.1, 0.15) is 30.2 Å². The van der Waals surface area contributed by atoms with E-state index in [4.69, 9.17) is 4.74 Å². The van der Waals surface area contributed by atoms with E-state index < -0.39 is 0 Å². The van der Waals surface area contributed by atoms with Crippen LogP contribution in [-0.4, -0.2) is 29.3 Å². The van der Waals surface area contributed by atoms with Gasteiger partial charge in [-0.05, 0) is 38.3 Å². The van der Waals surface area contributed by atoms with Crippen LogP contribution in [0.15, 0.2) is 30.5 Å². The second-order valence-corrected chi connectivity index (χ2v) is 5.24. The van der Waals surface area contributed by atoms with E-state index in [0.717, 1.165) is 44.4 Å². The van der Waals surface area contributed by atoms with E-state index in [1.54, 1.807) is 0 Å². The zero-order valence-corrected chi connectivity index (χ0v) is 13.2. The Morgan fingerprint density at radius 1 is 1.24 bits per heavy atom. The first kappa shape index (κ1) is 15.6. The fraction of sp³-hybridized carbons (Fsp3) is 0.471. The van der Waals surface area contributed by atoms with Gasteiger partial charge in [0.1, 0.15) is 0 Å². The van der Waals surface area contributed by atoms with Gasteiger partial charge in [0.05, 0.1) is 12.2 Å². The molecule has 0 atom stereocenters. The smallest absolute Gasteiger partial charge is 0.203 e. The molecule has 0 amide bonds. The summed E-state index contributed by atoms with van der Waals surface area (Å²) >= 11 is 0. The molecule has 0 aliphatic heterocycles. The quantitative estimate of drug-likeness (QED) is 0.756. The van der Waals surface area contributed by atoms with E-state index in [1.807, 2.05) is 13.8 Å². The molecule has 4 heteroatoms. The van der Waals surface area contributed by atoms with Gasteiger partial charge < -0.3 is 14.6 Å². The van der Waals surface area contributed by atoms with Gasteiger partial charge in [0.15, 0.2) is 0 Å². The number of ether oxygens (including phenoxy) is 1. The average molecular weight is 287 g/mol. The molecule has 1 aromatic heterocycles. The number of aromatic nitrogens is 2. The van der Waals surface area contributed by atoms with Crippen LogP contribution in [0.25, 0.3) is 0 Å². The normalized spacial score (nSPS) is 10.8. The van der Waals surface area contributed by atoms with E-state index in [2.05, 4.69) is 52.3 Å². The summed E-state index contributed by atoms with van der Waals surface area (Å²) in [5.74, 6) is 0.937. The number of nitrogens with zero attached hydrogens (tertiary/aromatic N) is 2. The zero-order chi connectivity index (χ0) is 15.1. The third kappa shape index (κ3) is 4.60. The molecule has 4 nitrogen and oxygen atoms in total. The molecule has 0 spiro atoms. The SMILES string of the molecule is CCOCCCNc1nc(C)cn1Cc1ccccc1C. The van der Waals surface area contributed by atoms with Crippen LogP contribution in [-0.2, 0) is 11.3 Å². The minimum absolute atomic E-state index is 0.779. The van der Waals surface area contributed by atoms with Crippen molar-refractivity contribution in [3.63, 3.8) is 0 Å². The summed E-state index contributed by atoms with van der Waals surface area (Å²) in [6.07, 6.45) is 3.08. The Morgan fingerprint density at radius 3 is 2.81 bits per heavy atom. The second kappa shape index (κ2) is 7.84. The van der Waals surface area contributed by atoms with Crippen LogP contribution in [0.2, 0.25) is 0 Å². The average Bonchev–Trinajstić information content (AvgIpc) is 2.81. The van der Waals surface area contributed by atoms with E-state index in [9.17, 15) is 0 Å². The number of nitrogens with one attached hydrogen (secondary N) is 1. The summed E-state index contributed by atoms with van der Waals surface area (Å²) < 4.78 is 7.53. The van der Waals surface area contributed by atoms with Crippen molar-refractivity contribution in [1.82, 2.24) is 9.55 Å². The minimum Gasteiger partial charge on any atom is -0.382 e. The molecule has 1 N–H and O–H groups in total. The number of hydrogen-bond acceptors (Lipinski definition) is 3. The molecule has 1 heterocycles. The molecule has 0 saturated carbocycles. The first-order valence-electron chi connectivity index (χ1n) is 7.60. The molecule has 114 valence electrons. The first-order valence-corrected chi connectivity index (χ1v) is 7.60. The van der Waals surface area contributed by atoms with Crippen molar-refractivity contribution in [3.8, 4) is 0 Å². The van der Waals surface area contributed by atoms with Gasteiger partial charge in [-0.2, -0.15) is 0 Å². The van der Waals surface area contributed by atoms with Gasteiger partial charge in [-0.3, -0.25) is 0 Å². The lowest BCUT2D eigenvalue weighted by Crippen LogP contribution is -2.11. The maximum Gasteiger partial charge on any atom is 0.203 e. The Bertz CT molecular complexity index is 563. The molecular formula is C17H25N3O. The monoisotopic (exact) mass is 287 g/mol. The molecule has 21 heavy (non-hydrogen) atoms. The molecule has 0 fully saturated rings. The third-order valence-corrected chi connectivity index (χ3v) is 3.45. The van der Waals surface area contributed by atoms with E-state index in [1.165, 1.54) is 11.1 Å². The number of hydrogen-bond donors (Lipinski definition) is 1. The number of benzene rings is 1. The molecule has 0 aliphatic carbocycles. The Labute approximate surface area is 127 Å². The Balaban J connectivity index is 1.98. The highest BCUT2D eigenvalue weighted by Crippen LogP contribution is 2.14. The highest BCUT2D eigenvalue weighted by atomic mass is 16.5. The van der Waals surface area contributed by atoms with Crippen molar-refractivity contribution >= 4 is 5.95 Å². The number of imidazole rings is 1. The lowest BCUT2D eigenvalue weighted by atomic mass is 10.1. The minimum atomic E-state index is 0.779. The van der Waals surface area contributed by atoms with E-state index in [0.29, 0.717) is 0 Å². The van der Waals surface area contributed by atoms with Crippen LogP contribution >= 0.6 is 0 Å². The highest BCUT2D eigenvalue weighted by molar-refractivity contribution is 5.32. The fourth-order valence-electron chi connectivity index (χ4n) is 2.30. The summed E-state index contributed by atoms with van der Waals surface area (Å²) in [4.78, 5) is 4.57. The van der Waals surface area contributed by atoms with Gasteiger partial charge in [0.2, 0.25) is 5.95 Å². The fourth-order valence-corrected chi connectivity index (χ4v) is 2.30. The Morgan fingerprint density at radius 2 is 2.05 bits per heavy atom. The molecule has 0 bridgehead atoms. The predicted molar refractivity (Wildman–Crippen MR) is 86.8 cm³/mol. The number of rotatable bonds is 8. The van der Waals surface area contributed by atoms with Crippen molar-refractivity contribution in [3.05, 3.63) is 47.3 Å². The van der Waals surface area contributed by atoms with Gasteiger partial charge in [0, 0.05) is 26.0 Å². The van der Waals surface area contributed by atoms with Crippen LogP contribution in [0.5, 0.6) is 0 Å².